The second-order valence-electron chi connectivity index (χ2n) is 4.76. The largest absolute Gasteiger partial charge is 0.420 e. The summed E-state index contributed by atoms with van der Waals surface area (Å²) in [7, 11) is 0. The topological polar surface area (TPSA) is 43.0 Å². The highest BCUT2D eigenvalue weighted by Gasteiger charge is 2.36. The van der Waals surface area contributed by atoms with E-state index in [1.807, 2.05) is 18.3 Å². The fourth-order valence-electron chi connectivity index (χ4n) is 2.86. The summed E-state index contributed by atoms with van der Waals surface area (Å²) in [6.45, 7) is 0.821. The van der Waals surface area contributed by atoms with Crippen molar-refractivity contribution >= 4 is 22.3 Å². The summed E-state index contributed by atoms with van der Waals surface area (Å²) in [6, 6.07) is 10.1. The van der Waals surface area contributed by atoms with Crippen molar-refractivity contribution < 1.29 is 13.4 Å². The Bertz CT molecular complexity index is 949. The third-order valence-corrected chi connectivity index (χ3v) is 3.71. The maximum atomic E-state index is 5.89. The number of fused-ring (bicyclic) bond motifs is 7. The summed E-state index contributed by atoms with van der Waals surface area (Å²) >= 11 is 0. The average Bonchev–Trinajstić information content (AvgIpc) is 3.05. The third-order valence-electron chi connectivity index (χ3n) is 3.71. The molecule has 3 aromatic heterocycles. The third kappa shape index (κ3) is 1.04. The standard InChI is InChI=1S/C15H9N2O2/c1-2-4-10-9(3-1)8-17-13-11-7-16-6-5-12(11)18-15(13)19-14(10)17/h1-7H,8H2/q+1. The summed E-state index contributed by atoms with van der Waals surface area (Å²) in [5.41, 5.74) is 4.23. The van der Waals surface area contributed by atoms with Gasteiger partial charge in [-0.3, -0.25) is 4.98 Å². The van der Waals surface area contributed by atoms with Crippen LogP contribution in [-0.4, -0.2) is 4.98 Å². The van der Waals surface area contributed by atoms with Crippen LogP contribution in [0.2, 0.25) is 0 Å². The Morgan fingerprint density at radius 1 is 1.11 bits per heavy atom. The van der Waals surface area contributed by atoms with E-state index in [0.29, 0.717) is 5.78 Å². The molecule has 0 radical (unpaired) electrons. The van der Waals surface area contributed by atoms with E-state index in [1.165, 1.54) is 5.56 Å². The number of pyridine rings is 1. The lowest BCUT2D eigenvalue weighted by Crippen LogP contribution is -2.30. The van der Waals surface area contributed by atoms with Crippen LogP contribution < -0.4 is 4.57 Å². The molecule has 5 rings (SSSR count). The highest BCUT2D eigenvalue weighted by Crippen LogP contribution is 2.34. The van der Waals surface area contributed by atoms with E-state index >= 15 is 0 Å². The van der Waals surface area contributed by atoms with Gasteiger partial charge in [-0.2, -0.15) is 0 Å². The minimum atomic E-state index is 0.576. The summed E-state index contributed by atoms with van der Waals surface area (Å²) in [6.07, 6.45) is 3.55. The molecule has 19 heavy (non-hydrogen) atoms. The predicted molar refractivity (Wildman–Crippen MR) is 68.5 cm³/mol. The van der Waals surface area contributed by atoms with Crippen LogP contribution in [0, 0.1) is 0 Å². The van der Waals surface area contributed by atoms with Gasteiger partial charge >= 0.3 is 17.2 Å². The van der Waals surface area contributed by atoms with E-state index in [9.17, 15) is 0 Å². The molecule has 1 aromatic carbocycles. The van der Waals surface area contributed by atoms with Crippen LogP contribution in [0.1, 0.15) is 5.56 Å². The molecule has 0 saturated carbocycles. The average molecular weight is 249 g/mol. The van der Waals surface area contributed by atoms with Gasteiger partial charge in [0, 0.05) is 24.0 Å². The van der Waals surface area contributed by atoms with Crippen molar-refractivity contribution in [1.82, 2.24) is 4.98 Å². The highest BCUT2D eigenvalue weighted by molar-refractivity contribution is 5.98. The molecule has 1 aliphatic heterocycles. The van der Waals surface area contributed by atoms with Gasteiger partial charge in [0.15, 0.2) is 6.54 Å². The molecule has 0 fully saturated rings. The second-order valence-corrected chi connectivity index (χ2v) is 4.76. The van der Waals surface area contributed by atoms with Crippen molar-refractivity contribution in [2.75, 3.05) is 0 Å². The monoisotopic (exact) mass is 249 g/mol. The first-order chi connectivity index (χ1) is 9.42. The van der Waals surface area contributed by atoms with Crippen LogP contribution in [0.15, 0.2) is 51.6 Å². The molecule has 4 nitrogen and oxygen atoms in total. The van der Waals surface area contributed by atoms with Crippen LogP contribution in [0.4, 0.5) is 0 Å². The molecule has 0 spiro atoms. The number of benzene rings is 1. The van der Waals surface area contributed by atoms with Crippen molar-refractivity contribution in [3.05, 3.63) is 48.3 Å². The van der Waals surface area contributed by atoms with Crippen LogP contribution in [0.3, 0.4) is 0 Å². The molecule has 4 heteroatoms. The fraction of sp³-hybridized carbons (Fsp3) is 0.0667. The lowest BCUT2D eigenvalue weighted by atomic mass is 10.1. The summed E-state index contributed by atoms with van der Waals surface area (Å²) in [5, 5.41) is 1.00. The maximum absolute atomic E-state index is 5.89. The molecule has 0 N–H and O–H groups in total. The van der Waals surface area contributed by atoms with Crippen LogP contribution in [-0.2, 0) is 6.54 Å². The van der Waals surface area contributed by atoms with Crippen molar-refractivity contribution in [1.29, 1.82) is 0 Å². The number of rotatable bonds is 0. The maximum Gasteiger partial charge on any atom is 0.384 e. The summed E-state index contributed by atoms with van der Waals surface area (Å²) in [4.78, 5) is 4.17. The van der Waals surface area contributed by atoms with Gasteiger partial charge in [-0.25, -0.2) is 0 Å². The first-order valence-corrected chi connectivity index (χ1v) is 6.19. The Balaban J connectivity index is 1.94. The predicted octanol–water partition coefficient (Wildman–Crippen LogP) is 2.89. The van der Waals surface area contributed by atoms with Crippen LogP contribution >= 0.6 is 0 Å². The van der Waals surface area contributed by atoms with E-state index in [1.54, 1.807) is 6.20 Å². The summed E-state index contributed by atoms with van der Waals surface area (Å²) < 4.78 is 13.8. The zero-order valence-corrected chi connectivity index (χ0v) is 9.96. The van der Waals surface area contributed by atoms with Crippen LogP contribution in [0.25, 0.3) is 33.7 Å². The molecule has 1 aliphatic rings. The molecule has 0 aliphatic carbocycles. The van der Waals surface area contributed by atoms with Gasteiger partial charge in [0.1, 0.15) is 11.0 Å². The summed E-state index contributed by atoms with van der Waals surface area (Å²) in [5.74, 6) is 1.45. The molecule has 4 heterocycles. The quantitative estimate of drug-likeness (QED) is 0.396. The van der Waals surface area contributed by atoms with Gasteiger partial charge in [-0.05, 0) is 6.07 Å². The minimum Gasteiger partial charge on any atom is -0.420 e. The molecule has 4 aromatic rings. The van der Waals surface area contributed by atoms with E-state index < -0.39 is 0 Å². The number of oxazole rings is 1. The van der Waals surface area contributed by atoms with Crippen molar-refractivity contribution in [2.24, 2.45) is 0 Å². The van der Waals surface area contributed by atoms with Gasteiger partial charge in [-0.1, -0.05) is 18.2 Å². The Labute approximate surface area is 107 Å². The Morgan fingerprint density at radius 3 is 3.05 bits per heavy atom. The number of hydrogen-bond acceptors (Lipinski definition) is 3. The Kier molecular flexibility index (Phi) is 1.49. The van der Waals surface area contributed by atoms with E-state index in [-0.39, 0.29) is 0 Å². The Morgan fingerprint density at radius 2 is 2.05 bits per heavy atom. The minimum absolute atomic E-state index is 0.576. The molecule has 0 saturated heterocycles. The second kappa shape index (κ2) is 3.03. The van der Waals surface area contributed by atoms with E-state index in [0.717, 1.165) is 34.5 Å². The smallest absolute Gasteiger partial charge is 0.384 e. The van der Waals surface area contributed by atoms with Gasteiger partial charge < -0.3 is 8.83 Å². The molecular weight excluding hydrogens is 240 g/mol. The number of hydrogen-bond donors (Lipinski definition) is 0. The Hall–Kier alpha value is -2.62. The number of aromatic nitrogens is 2. The van der Waals surface area contributed by atoms with E-state index in [2.05, 4.69) is 27.8 Å². The van der Waals surface area contributed by atoms with Gasteiger partial charge in [-0.15, -0.1) is 4.57 Å². The normalized spacial score (nSPS) is 13.1. The molecule has 0 atom stereocenters. The number of nitrogens with zero attached hydrogens (tertiary/aromatic N) is 2. The fourth-order valence-corrected chi connectivity index (χ4v) is 2.86. The molecule has 0 unspecified atom stereocenters. The lowest BCUT2D eigenvalue weighted by Gasteiger charge is -1.88. The SMILES string of the molecule is c1ccc2c(c1)C[n+]1c-2oc2oc3ccncc3c21. The molecule has 0 bridgehead atoms. The lowest BCUT2D eigenvalue weighted by molar-refractivity contribution is -0.648. The first kappa shape index (κ1) is 9.33. The molecule has 0 amide bonds. The van der Waals surface area contributed by atoms with E-state index in [4.69, 9.17) is 8.83 Å². The van der Waals surface area contributed by atoms with Crippen LogP contribution in [0.5, 0.6) is 0 Å². The van der Waals surface area contributed by atoms with Gasteiger partial charge in [0.2, 0.25) is 0 Å². The van der Waals surface area contributed by atoms with Crippen molar-refractivity contribution in [3.63, 3.8) is 0 Å². The van der Waals surface area contributed by atoms with Gasteiger partial charge in [0.05, 0.1) is 5.56 Å². The molecular formula is C15H9N2O2+. The number of furan rings is 1. The van der Waals surface area contributed by atoms with Gasteiger partial charge in [0.25, 0.3) is 0 Å². The van der Waals surface area contributed by atoms with Crippen molar-refractivity contribution in [3.8, 4) is 11.5 Å². The molecule has 90 valence electrons. The first-order valence-electron chi connectivity index (χ1n) is 6.19. The highest BCUT2D eigenvalue weighted by atomic mass is 16.5. The zero-order valence-electron chi connectivity index (χ0n) is 9.96. The zero-order chi connectivity index (χ0) is 12.4. The van der Waals surface area contributed by atoms with Crippen molar-refractivity contribution in [2.45, 2.75) is 6.54 Å².